The molecule has 1 unspecified atom stereocenters. The lowest BCUT2D eigenvalue weighted by Gasteiger charge is -2.00. The van der Waals surface area contributed by atoms with E-state index in [4.69, 9.17) is 9.47 Å². The molecule has 0 aliphatic carbocycles. The van der Waals surface area contributed by atoms with Crippen molar-refractivity contribution < 1.29 is 9.47 Å². The van der Waals surface area contributed by atoms with Crippen molar-refractivity contribution in [3.8, 4) is 0 Å². The van der Waals surface area contributed by atoms with Gasteiger partial charge >= 0.3 is 0 Å². The SMILES string of the molecule is [SiH3]CCCOCCCC1CO1. The van der Waals surface area contributed by atoms with Crippen molar-refractivity contribution in [1.29, 1.82) is 0 Å². The van der Waals surface area contributed by atoms with Crippen LogP contribution in [0.3, 0.4) is 0 Å². The molecule has 0 bridgehead atoms. The molecule has 3 heteroatoms. The molecular formula is C8H18O2Si. The van der Waals surface area contributed by atoms with Crippen LogP contribution in [0.2, 0.25) is 6.04 Å². The number of epoxide rings is 1. The van der Waals surface area contributed by atoms with Gasteiger partial charge in [0.2, 0.25) is 0 Å². The van der Waals surface area contributed by atoms with Crippen LogP contribution < -0.4 is 0 Å². The lowest BCUT2D eigenvalue weighted by atomic mass is 10.3. The van der Waals surface area contributed by atoms with Gasteiger partial charge in [-0.2, -0.15) is 0 Å². The molecule has 1 atom stereocenters. The number of hydrogen-bond acceptors (Lipinski definition) is 2. The van der Waals surface area contributed by atoms with E-state index in [1.54, 1.807) is 0 Å². The minimum atomic E-state index is 0.581. The highest BCUT2D eigenvalue weighted by Crippen LogP contribution is 2.14. The van der Waals surface area contributed by atoms with Crippen molar-refractivity contribution >= 4 is 10.2 Å². The van der Waals surface area contributed by atoms with Crippen molar-refractivity contribution in [1.82, 2.24) is 0 Å². The fourth-order valence-electron chi connectivity index (χ4n) is 0.996. The molecular weight excluding hydrogens is 156 g/mol. The maximum Gasteiger partial charge on any atom is 0.0810 e. The van der Waals surface area contributed by atoms with Gasteiger partial charge in [0, 0.05) is 23.5 Å². The summed E-state index contributed by atoms with van der Waals surface area (Å²) in [7, 11) is 1.32. The van der Waals surface area contributed by atoms with Gasteiger partial charge in [0.25, 0.3) is 0 Å². The Balaban J connectivity index is 1.66. The Morgan fingerprint density at radius 3 is 2.73 bits per heavy atom. The van der Waals surface area contributed by atoms with Crippen molar-refractivity contribution in [3.05, 3.63) is 0 Å². The van der Waals surface area contributed by atoms with E-state index < -0.39 is 0 Å². The summed E-state index contributed by atoms with van der Waals surface area (Å²) in [5, 5.41) is 0. The Hall–Kier alpha value is 0.137. The van der Waals surface area contributed by atoms with E-state index in [1.807, 2.05) is 0 Å². The molecule has 1 rings (SSSR count). The first-order chi connectivity index (χ1) is 5.43. The first-order valence-electron chi connectivity index (χ1n) is 4.63. The predicted octanol–water partition coefficient (Wildman–Crippen LogP) is 0.356. The third-order valence-corrected chi connectivity index (χ3v) is 2.57. The van der Waals surface area contributed by atoms with Crippen molar-refractivity contribution in [2.24, 2.45) is 0 Å². The first-order valence-corrected chi connectivity index (χ1v) is 6.04. The van der Waals surface area contributed by atoms with Gasteiger partial charge in [0.1, 0.15) is 0 Å². The van der Waals surface area contributed by atoms with Gasteiger partial charge in [-0.15, -0.1) is 0 Å². The van der Waals surface area contributed by atoms with E-state index >= 15 is 0 Å². The first kappa shape index (κ1) is 9.23. The third-order valence-electron chi connectivity index (χ3n) is 1.86. The van der Waals surface area contributed by atoms with Crippen LogP contribution in [0.1, 0.15) is 19.3 Å². The topological polar surface area (TPSA) is 21.8 Å². The van der Waals surface area contributed by atoms with Crippen LogP contribution in [-0.4, -0.2) is 36.2 Å². The molecule has 1 aliphatic heterocycles. The van der Waals surface area contributed by atoms with Crippen LogP contribution in [0.15, 0.2) is 0 Å². The summed E-state index contributed by atoms with van der Waals surface area (Å²) in [6.07, 6.45) is 4.20. The highest BCUT2D eigenvalue weighted by Gasteiger charge is 2.20. The van der Waals surface area contributed by atoms with E-state index in [2.05, 4.69) is 0 Å². The quantitative estimate of drug-likeness (QED) is 0.316. The molecule has 0 aromatic carbocycles. The lowest BCUT2D eigenvalue weighted by molar-refractivity contribution is 0.129. The van der Waals surface area contributed by atoms with E-state index in [0.717, 1.165) is 19.8 Å². The molecule has 0 spiro atoms. The Morgan fingerprint density at radius 2 is 2.09 bits per heavy atom. The second-order valence-corrected chi connectivity index (χ2v) is 4.06. The zero-order valence-corrected chi connectivity index (χ0v) is 9.34. The van der Waals surface area contributed by atoms with Crippen LogP contribution in [-0.2, 0) is 9.47 Å². The van der Waals surface area contributed by atoms with Crippen molar-refractivity contribution in [2.45, 2.75) is 31.4 Å². The minimum absolute atomic E-state index is 0.581. The molecule has 1 saturated heterocycles. The lowest BCUT2D eigenvalue weighted by Crippen LogP contribution is -1.98. The molecule has 0 amide bonds. The Bertz CT molecular complexity index is 94.1. The maximum atomic E-state index is 5.42. The molecule has 0 radical (unpaired) electrons. The van der Waals surface area contributed by atoms with E-state index in [1.165, 1.54) is 35.5 Å². The molecule has 0 saturated carbocycles. The van der Waals surface area contributed by atoms with E-state index in [9.17, 15) is 0 Å². The van der Waals surface area contributed by atoms with E-state index in [0.29, 0.717) is 6.10 Å². The van der Waals surface area contributed by atoms with Crippen molar-refractivity contribution in [2.75, 3.05) is 19.8 Å². The smallest absolute Gasteiger partial charge is 0.0810 e. The number of ether oxygens (including phenoxy) is 2. The summed E-state index contributed by atoms with van der Waals surface area (Å²) >= 11 is 0. The molecule has 0 aromatic rings. The average Bonchev–Trinajstić information content (AvgIpc) is 2.80. The summed E-state index contributed by atoms with van der Waals surface area (Å²) in [5.41, 5.74) is 0. The monoisotopic (exact) mass is 174 g/mol. The third kappa shape index (κ3) is 5.41. The summed E-state index contributed by atoms with van der Waals surface area (Å²) in [6.45, 7) is 2.89. The van der Waals surface area contributed by atoms with Gasteiger partial charge in [0.15, 0.2) is 0 Å². The molecule has 1 fully saturated rings. The largest absolute Gasteiger partial charge is 0.381 e. The Morgan fingerprint density at radius 1 is 1.36 bits per heavy atom. The fourth-order valence-corrected chi connectivity index (χ4v) is 1.28. The second-order valence-electron chi connectivity index (χ2n) is 3.06. The average molecular weight is 174 g/mol. The summed E-state index contributed by atoms with van der Waals surface area (Å²) in [6, 6.07) is 1.37. The van der Waals surface area contributed by atoms with Gasteiger partial charge < -0.3 is 9.47 Å². The zero-order chi connectivity index (χ0) is 7.94. The summed E-state index contributed by atoms with van der Waals surface area (Å²) in [4.78, 5) is 0. The Labute approximate surface area is 71.7 Å². The van der Waals surface area contributed by atoms with Crippen LogP contribution in [0.25, 0.3) is 0 Å². The maximum absolute atomic E-state index is 5.42. The molecule has 11 heavy (non-hydrogen) atoms. The van der Waals surface area contributed by atoms with Crippen LogP contribution in [0.5, 0.6) is 0 Å². The highest BCUT2D eigenvalue weighted by atomic mass is 28.1. The molecule has 66 valence electrons. The Kier molecular flexibility index (Phi) is 4.82. The molecule has 2 nitrogen and oxygen atoms in total. The number of rotatable bonds is 7. The fraction of sp³-hybridized carbons (Fsp3) is 1.00. The van der Waals surface area contributed by atoms with Crippen molar-refractivity contribution in [3.63, 3.8) is 0 Å². The summed E-state index contributed by atoms with van der Waals surface area (Å²) < 4.78 is 10.5. The highest BCUT2D eigenvalue weighted by molar-refractivity contribution is 6.08. The molecule has 1 heterocycles. The van der Waals surface area contributed by atoms with Gasteiger partial charge in [-0.3, -0.25) is 0 Å². The predicted molar refractivity (Wildman–Crippen MR) is 49.2 cm³/mol. The second kappa shape index (κ2) is 5.74. The molecule has 0 N–H and O–H groups in total. The van der Waals surface area contributed by atoms with E-state index in [-0.39, 0.29) is 0 Å². The number of hydrogen-bond donors (Lipinski definition) is 0. The van der Waals surface area contributed by atoms with Gasteiger partial charge in [-0.25, -0.2) is 0 Å². The zero-order valence-electron chi connectivity index (χ0n) is 7.34. The van der Waals surface area contributed by atoms with Crippen LogP contribution >= 0.6 is 0 Å². The van der Waals surface area contributed by atoms with Gasteiger partial charge in [0.05, 0.1) is 12.7 Å². The summed E-state index contributed by atoms with van der Waals surface area (Å²) in [5.74, 6) is 0. The normalized spacial score (nSPS) is 22.4. The van der Waals surface area contributed by atoms with Gasteiger partial charge in [-0.05, 0) is 19.3 Å². The van der Waals surface area contributed by atoms with Crippen LogP contribution in [0, 0.1) is 0 Å². The molecule has 1 aliphatic rings. The van der Waals surface area contributed by atoms with Gasteiger partial charge in [-0.1, -0.05) is 6.04 Å². The van der Waals surface area contributed by atoms with Crippen LogP contribution in [0.4, 0.5) is 0 Å². The molecule has 0 aromatic heterocycles. The standard InChI is InChI=1S/C8H18O2Si/c11-6-2-5-9-4-1-3-8-7-10-8/h8H,1-7H2,11H3. The minimum Gasteiger partial charge on any atom is -0.381 e.